The van der Waals surface area contributed by atoms with Crippen LogP contribution in [0, 0.1) is 0 Å². The van der Waals surface area contributed by atoms with Crippen LogP contribution in [0.2, 0.25) is 0 Å². The van der Waals surface area contributed by atoms with E-state index in [1.165, 1.54) is 32.5 Å². The van der Waals surface area contributed by atoms with Gasteiger partial charge in [-0.1, -0.05) is 76.6 Å². The number of ether oxygens (including phenoxy) is 2. The molecule has 6 aromatic rings. The first-order chi connectivity index (χ1) is 34.3. The highest BCUT2D eigenvalue weighted by Gasteiger charge is 2.29. The number of alkyl halides is 1. The molecule has 18 nitrogen and oxygen atoms in total. The molecule has 4 amide bonds. The van der Waals surface area contributed by atoms with Gasteiger partial charge in [0.25, 0.3) is 11.1 Å². The second kappa shape index (κ2) is 28.0. The van der Waals surface area contributed by atoms with Crippen molar-refractivity contribution in [3.05, 3.63) is 124 Å². The lowest BCUT2D eigenvalue weighted by Gasteiger charge is -2.24. The van der Waals surface area contributed by atoms with Crippen LogP contribution in [0.1, 0.15) is 88.0 Å². The van der Waals surface area contributed by atoms with Crippen molar-refractivity contribution < 1.29 is 28.7 Å². The van der Waals surface area contributed by atoms with E-state index in [1.54, 1.807) is 70.2 Å². The predicted octanol–water partition coefficient (Wildman–Crippen LogP) is 8.56. The first kappa shape index (κ1) is 60.5. The predicted molar refractivity (Wildman–Crippen MR) is 301 cm³/mol. The molecule has 0 saturated heterocycles. The summed E-state index contributed by atoms with van der Waals surface area (Å²) in [6.45, 7) is 13.5. The van der Waals surface area contributed by atoms with Crippen LogP contribution in [0.15, 0.2) is 90.0 Å². The average molecular weight is 1240 g/mol. The number of thiophene rings is 2. The van der Waals surface area contributed by atoms with E-state index < -0.39 is 28.2 Å². The van der Waals surface area contributed by atoms with Crippen molar-refractivity contribution in [2.75, 3.05) is 54.4 Å². The molecule has 73 heavy (non-hydrogen) atoms. The van der Waals surface area contributed by atoms with Gasteiger partial charge in [-0.2, -0.15) is 0 Å². The zero-order chi connectivity index (χ0) is 54.2. The summed E-state index contributed by atoms with van der Waals surface area (Å²) in [5.41, 5.74) is 6.95. The summed E-state index contributed by atoms with van der Waals surface area (Å²) in [4.78, 5) is 86.7. The standard InChI is InChI=1S/C25H32BrN5O4S.C17H15Br2N3O2S.C8H18N2O2/c1-25(2,3)35-24(34)28-13-9-12-27-19(22(32)30(4)5)21-29-17-14-18(26)36-20(17)23(33)31(21)15-16-10-7-6-8-11-16;1-21(2)16(23)13(19)15-20-11-8-12(18)25-14(11)17(24)22(15)9-10-6-4-3-5-7-10;1-8(2,3)12-7(11)10-6-4-5-9/h6-8,10-11,14,19,27H,9,12-13,15H2,1-5H3,(H,28,34);3-8,13H,9H2,1-2H3;4-6,9H2,1-3H3,(H,10,11). The van der Waals surface area contributed by atoms with Gasteiger partial charge in [-0.15, -0.1) is 22.7 Å². The van der Waals surface area contributed by atoms with Crippen LogP contribution in [0.5, 0.6) is 0 Å². The van der Waals surface area contributed by atoms with Gasteiger partial charge in [-0.05, 0) is 123 Å². The maximum atomic E-state index is 13.5. The Morgan fingerprint density at radius 1 is 0.658 bits per heavy atom. The summed E-state index contributed by atoms with van der Waals surface area (Å²) in [7, 11) is 6.69. The van der Waals surface area contributed by atoms with E-state index in [1.807, 2.05) is 81.4 Å². The molecular formula is C50H65Br3N10O8S2. The van der Waals surface area contributed by atoms with Crippen molar-refractivity contribution in [1.29, 1.82) is 0 Å². The number of alkyl carbamates (subject to hydrolysis) is 2. The number of carbonyl (C=O) groups excluding carboxylic acids is 4. The Balaban J connectivity index is 0.000000269. The lowest BCUT2D eigenvalue weighted by Crippen LogP contribution is -2.42. The van der Waals surface area contributed by atoms with Gasteiger partial charge in [-0.25, -0.2) is 19.6 Å². The SMILES string of the molecule is CC(C)(C)OC(=O)NCCCN.CN(C)C(=O)C(Br)c1nc2cc(Br)sc2c(=O)n1Cc1ccccc1.CN(C)C(=O)C(NCCCNC(=O)OC(C)(C)C)c1nc2cc(Br)sc2c(=O)n1Cc1ccccc1. The van der Waals surface area contributed by atoms with Gasteiger partial charge < -0.3 is 35.6 Å². The molecule has 0 bridgehead atoms. The third kappa shape index (κ3) is 19.0. The Kier molecular flexibility index (Phi) is 23.2. The van der Waals surface area contributed by atoms with E-state index in [0.29, 0.717) is 71.2 Å². The molecule has 0 radical (unpaired) electrons. The van der Waals surface area contributed by atoms with Crippen molar-refractivity contribution in [3.63, 3.8) is 0 Å². The van der Waals surface area contributed by atoms with E-state index in [9.17, 15) is 28.8 Å². The highest BCUT2D eigenvalue weighted by Crippen LogP contribution is 2.31. The second-order valence-corrected chi connectivity index (χ2v) is 24.6. The summed E-state index contributed by atoms with van der Waals surface area (Å²) in [5, 5.41) is 8.56. The lowest BCUT2D eigenvalue weighted by atomic mass is 10.2. The van der Waals surface area contributed by atoms with Crippen molar-refractivity contribution in [2.24, 2.45) is 5.73 Å². The Hall–Kier alpha value is -5.04. The topological polar surface area (TPSA) is 225 Å². The zero-order valence-electron chi connectivity index (χ0n) is 42.7. The Labute approximate surface area is 458 Å². The van der Waals surface area contributed by atoms with Gasteiger partial charge in [0.1, 0.15) is 38.3 Å². The van der Waals surface area contributed by atoms with Gasteiger partial charge in [0, 0.05) is 41.3 Å². The van der Waals surface area contributed by atoms with Crippen molar-refractivity contribution in [2.45, 2.75) is 89.5 Å². The maximum Gasteiger partial charge on any atom is 0.407 e. The maximum absolute atomic E-state index is 13.5. The van der Waals surface area contributed by atoms with Gasteiger partial charge >= 0.3 is 12.2 Å². The van der Waals surface area contributed by atoms with Gasteiger partial charge in [0.2, 0.25) is 11.8 Å². The third-order valence-electron chi connectivity index (χ3n) is 9.88. The number of fused-ring (bicyclic) bond motifs is 2. The lowest BCUT2D eigenvalue weighted by molar-refractivity contribution is -0.131. The molecule has 0 aliphatic rings. The smallest absolute Gasteiger partial charge is 0.407 e. The number of rotatable bonds is 16. The number of carbonyl (C=O) groups is 4. The van der Waals surface area contributed by atoms with Crippen molar-refractivity contribution >= 4 is 115 Å². The first-order valence-electron chi connectivity index (χ1n) is 23.2. The van der Waals surface area contributed by atoms with Crippen LogP contribution in [0.3, 0.4) is 0 Å². The van der Waals surface area contributed by atoms with Crippen molar-refractivity contribution in [3.8, 4) is 0 Å². The Morgan fingerprint density at radius 2 is 1.07 bits per heavy atom. The fourth-order valence-electron chi connectivity index (χ4n) is 6.58. The number of hydrogen-bond acceptors (Lipinski definition) is 14. The molecule has 396 valence electrons. The number of hydrogen-bond donors (Lipinski definition) is 4. The number of likely N-dealkylation sites (N-methyl/N-ethyl adjacent to an activating group) is 2. The molecule has 4 aromatic heterocycles. The minimum absolute atomic E-state index is 0.143. The van der Waals surface area contributed by atoms with Crippen LogP contribution in [-0.4, -0.2) is 118 Å². The van der Waals surface area contributed by atoms with E-state index in [-0.39, 0.29) is 35.6 Å². The fourth-order valence-corrected chi connectivity index (χ4v) is 10.3. The quantitative estimate of drug-likeness (QED) is 0.0528. The summed E-state index contributed by atoms with van der Waals surface area (Å²) in [6.07, 6.45) is 0.455. The summed E-state index contributed by atoms with van der Waals surface area (Å²) < 4.78 is 16.1. The molecule has 2 atom stereocenters. The average Bonchev–Trinajstić information content (AvgIpc) is 3.89. The minimum Gasteiger partial charge on any atom is -0.444 e. The summed E-state index contributed by atoms with van der Waals surface area (Å²) in [6, 6.07) is 22.0. The van der Waals surface area contributed by atoms with Crippen LogP contribution in [0.4, 0.5) is 9.59 Å². The normalized spacial score (nSPS) is 12.1. The van der Waals surface area contributed by atoms with E-state index in [2.05, 4.69) is 68.7 Å². The molecule has 0 saturated carbocycles. The van der Waals surface area contributed by atoms with Crippen LogP contribution < -0.4 is 32.8 Å². The number of aromatic nitrogens is 4. The monoisotopic (exact) mass is 1230 g/mol. The highest BCUT2D eigenvalue weighted by atomic mass is 79.9. The highest BCUT2D eigenvalue weighted by molar-refractivity contribution is 9.11. The fraction of sp³-hybridized carbons (Fsp3) is 0.440. The molecular weight excluding hydrogens is 1170 g/mol. The number of amides is 4. The van der Waals surface area contributed by atoms with Gasteiger partial charge in [0.05, 0.1) is 31.7 Å². The molecule has 6 rings (SSSR count). The third-order valence-corrected chi connectivity index (χ3v) is 13.9. The van der Waals surface area contributed by atoms with E-state index in [4.69, 9.17) is 20.2 Å². The van der Waals surface area contributed by atoms with Crippen LogP contribution in [-0.2, 0) is 32.2 Å². The van der Waals surface area contributed by atoms with Crippen molar-refractivity contribution in [1.82, 2.24) is 44.9 Å². The molecule has 2 unspecified atom stereocenters. The zero-order valence-corrected chi connectivity index (χ0v) is 49.1. The van der Waals surface area contributed by atoms with Crippen LogP contribution >= 0.6 is 70.5 Å². The summed E-state index contributed by atoms with van der Waals surface area (Å²) >= 11 is 12.9. The molecule has 0 aliphatic carbocycles. The molecule has 23 heteroatoms. The number of nitrogens with one attached hydrogen (secondary N) is 3. The summed E-state index contributed by atoms with van der Waals surface area (Å²) in [5.74, 6) is 0.366. The van der Waals surface area contributed by atoms with Crippen LogP contribution in [0.25, 0.3) is 20.4 Å². The van der Waals surface area contributed by atoms with E-state index in [0.717, 1.165) is 25.1 Å². The molecule has 0 fully saturated rings. The Bertz CT molecular complexity index is 2920. The Morgan fingerprint density at radius 3 is 1.48 bits per heavy atom. The number of halogens is 3. The van der Waals surface area contributed by atoms with Gasteiger partial charge in [0.15, 0.2) is 4.83 Å². The van der Waals surface area contributed by atoms with Gasteiger partial charge in [-0.3, -0.25) is 33.6 Å². The molecule has 2 aromatic carbocycles. The first-order valence-corrected chi connectivity index (χ1v) is 27.3. The number of benzene rings is 2. The second-order valence-electron chi connectivity index (χ2n) is 18.8. The minimum atomic E-state index is -0.846. The molecule has 5 N–H and O–H groups in total. The molecule has 0 aliphatic heterocycles. The van der Waals surface area contributed by atoms with E-state index >= 15 is 0 Å². The molecule has 4 heterocycles. The number of nitrogens with zero attached hydrogens (tertiary/aromatic N) is 6. The molecule has 0 spiro atoms. The largest absolute Gasteiger partial charge is 0.444 e. The number of nitrogens with two attached hydrogens (primary N) is 1.